The summed E-state index contributed by atoms with van der Waals surface area (Å²) in [5.41, 5.74) is -2.55. The van der Waals surface area contributed by atoms with Gasteiger partial charge in [0.05, 0.1) is 14.2 Å². The quantitative estimate of drug-likeness (QED) is 0.624. The number of benzene rings is 1. The molecule has 2 rings (SSSR count). The Balaban J connectivity index is 2.77. The molecule has 0 radical (unpaired) electrons. The molecule has 24 heavy (non-hydrogen) atoms. The molecule has 0 bridgehead atoms. The van der Waals surface area contributed by atoms with Gasteiger partial charge in [0.1, 0.15) is 5.57 Å². The van der Waals surface area contributed by atoms with Gasteiger partial charge < -0.3 is 19.3 Å². The van der Waals surface area contributed by atoms with Crippen LogP contribution >= 0.6 is 34.8 Å². The minimum Gasteiger partial charge on any atom is -0.474 e. The van der Waals surface area contributed by atoms with Crippen molar-refractivity contribution in [3.05, 3.63) is 47.2 Å². The van der Waals surface area contributed by atoms with Crippen LogP contribution in [0.25, 0.3) is 0 Å². The summed E-state index contributed by atoms with van der Waals surface area (Å²) >= 11 is 17.7. The maximum atomic E-state index is 12.2. The van der Waals surface area contributed by atoms with Gasteiger partial charge in [0.15, 0.2) is 11.7 Å². The average molecular weight is 396 g/mol. The van der Waals surface area contributed by atoms with Crippen molar-refractivity contribution in [3.63, 3.8) is 0 Å². The third kappa shape index (κ3) is 3.07. The zero-order valence-corrected chi connectivity index (χ0v) is 14.9. The van der Waals surface area contributed by atoms with Gasteiger partial charge in [-0.2, -0.15) is 0 Å². The van der Waals surface area contributed by atoms with E-state index in [1.807, 2.05) is 0 Å². The normalized spacial score (nSPS) is 23.7. The lowest BCUT2D eigenvalue weighted by molar-refractivity contribution is -0.142. The van der Waals surface area contributed by atoms with E-state index in [-0.39, 0.29) is 5.56 Å². The highest BCUT2D eigenvalue weighted by Crippen LogP contribution is 2.52. The summed E-state index contributed by atoms with van der Waals surface area (Å²) in [7, 11) is 2.16. The van der Waals surface area contributed by atoms with Gasteiger partial charge in [0, 0.05) is 0 Å². The van der Waals surface area contributed by atoms with Gasteiger partial charge in [-0.05, 0) is 5.56 Å². The molecule has 2 atom stereocenters. The summed E-state index contributed by atoms with van der Waals surface area (Å²) in [6.07, 6.45) is -1.58. The molecule has 1 aliphatic heterocycles. The third-order valence-corrected chi connectivity index (χ3v) is 4.09. The SMILES string of the molecule is COC(=O)C1=C(C(=O)OC)[C@](O)(c2ccccc2)[C@@H](C(Cl)(Cl)Cl)O1. The minimum absolute atomic E-state index is 0.181. The van der Waals surface area contributed by atoms with Crippen LogP contribution in [-0.4, -0.2) is 41.2 Å². The lowest BCUT2D eigenvalue weighted by Crippen LogP contribution is -2.47. The molecule has 0 aliphatic carbocycles. The molecule has 0 unspecified atom stereocenters. The summed E-state index contributed by atoms with van der Waals surface area (Å²) in [5, 5.41) is 11.3. The maximum absolute atomic E-state index is 12.2. The highest BCUT2D eigenvalue weighted by Gasteiger charge is 2.62. The lowest BCUT2D eigenvalue weighted by Gasteiger charge is -2.34. The maximum Gasteiger partial charge on any atom is 0.374 e. The number of ether oxygens (including phenoxy) is 3. The summed E-state index contributed by atoms with van der Waals surface area (Å²) in [5.74, 6) is -2.60. The summed E-state index contributed by atoms with van der Waals surface area (Å²) in [4.78, 5) is 24.2. The monoisotopic (exact) mass is 394 g/mol. The number of carbonyl (C=O) groups excluding carboxylic acids is 2. The molecule has 1 aromatic rings. The van der Waals surface area contributed by atoms with Crippen LogP contribution in [0.1, 0.15) is 5.56 Å². The smallest absolute Gasteiger partial charge is 0.374 e. The molecular formula is C15H13Cl3O6. The lowest BCUT2D eigenvalue weighted by atomic mass is 9.82. The molecule has 1 aromatic carbocycles. The molecule has 1 aliphatic rings. The zero-order valence-electron chi connectivity index (χ0n) is 12.6. The Morgan fingerprint density at radius 2 is 1.67 bits per heavy atom. The van der Waals surface area contributed by atoms with E-state index in [9.17, 15) is 14.7 Å². The molecule has 6 nitrogen and oxygen atoms in total. The second-order valence-electron chi connectivity index (χ2n) is 4.86. The van der Waals surface area contributed by atoms with E-state index in [2.05, 4.69) is 9.47 Å². The zero-order chi connectivity index (χ0) is 18.1. The largest absolute Gasteiger partial charge is 0.474 e. The van der Waals surface area contributed by atoms with E-state index in [1.54, 1.807) is 18.2 Å². The first kappa shape index (κ1) is 18.9. The Hall–Kier alpha value is -1.47. The fourth-order valence-corrected chi connectivity index (χ4v) is 3.06. The number of hydrogen-bond donors (Lipinski definition) is 1. The van der Waals surface area contributed by atoms with Crippen LogP contribution in [0.3, 0.4) is 0 Å². The van der Waals surface area contributed by atoms with E-state index in [4.69, 9.17) is 39.5 Å². The van der Waals surface area contributed by atoms with Crippen LogP contribution in [-0.2, 0) is 29.4 Å². The van der Waals surface area contributed by atoms with E-state index in [1.165, 1.54) is 12.1 Å². The van der Waals surface area contributed by atoms with Crippen molar-refractivity contribution in [2.75, 3.05) is 14.2 Å². The Kier molecular flexibility index (Phi) is 5.34. The van der Waals surface area contributed by atoms with Crippen molar-refractivity contribution in [2.45, 2.75) is 15.5 Å². The van der Waals surface area contributed by atoms with Gasteiger partial charge in [-0.25, -0.2) is 9.59 Å². The molecule has 0 saturated carbocycles. The third-order valence-electron chi connectivity index (χ3n) is 3.49. The van der Waals surface area contributed by atoms with Gasteiger partial charge in [-0.3, -0.25) is 0 Å². The van der Waals surface area contributed by atoms with Crippen molar-refractivity contribution in [3.8, 4) is 0 Å². The van der Waals surface area contributed by atoms with Crippen molar-refractivity contribution in [1.29, 1.82) is 0 Å². The summed E-state index contributed by atoms with van der Waals surface area (Å²) in [6.45, 7) is 0. The van der Waals surface area contributed by atoms with E-state index < -0.39 is 38.8 Å². The van der Waals surface area contributed by atoms with Crippen LogP contribution in [0.15, 0.2) is 41.7 Å². The number of aliphatic hydroxyl groups is 1. The van der Waals surface area contributed by atoms with Crippen LogP contribution in [0.4, 0.5) is 0 Å². The number of esters is 2. The van der Waals surface area contributed by atoms with Crippen LogP contribution in [0.2, 0.25) is 0 Å². The number of rotatable bonds is 3. The van der Waals surface area contributed by atoms with Gasteiger partial charge in [0.2, 0.25) is 9.55 Å². The second-order valence-corrected chi connectivity index (χ2v) is 7.23. The van der Waals surface area contributed by atoms with Gasteiger partial charge in [0.25, 0.3) is 0 Å². The van der Waals surface area contributed by atoms with Gasteiger partial charge in [-0.15, -0.1) is 0 Å². The summed E-state index contributed by atoms with van der Waals surface area (Å²) in [6, 6.07) is 7.89. The highest BCUT2D eigenvalue weighted by atomic mass is 35.6. The molecular weight excluding hydrogens is 383 g/mol. The van der Waals surface area contributed by atoms with E-state index in [0.717, 1.165) is 14.2 Å². The Bertz CT molecular complexity index is 682. The molecule has 1 heterocycles. The molecule has 130 valence electrons. The molecule has 0 spiro atoms. The van der Waals surface area contributed by atoms with E-state index in [0.29, 0.717) is 0 Å². The predicted molar refractivity (Wildman–Crippen MR) is 86.6 cm³/mol. The van der Waals surface area contributed by atoms with Gasteiger partial charge >= 0.3 is 11.9 Å². The molecule has 0 saturated heterocycles. The Morgan fingerprint density at radius 3 is 2.12 bits per heavy atom. The fourth-order valence-electron chi connectivity index (χ4n) is 2.45. The number of halogens is 3. The highest BCUT2D eigenvalue weighted by molar-refractivity contribution is 6.68. The molecule has 9 heteroatoms. The number of hydrogen-bond acceptors (Lipinski definition) is 6. The molecule has 0 amide bonds. The molecule has 0 aromatic heterocycles. The molecule has 0 fully saturated rings. The second kappa shape index (κ2) is 6.80. The topological polar surface area (TPSA) is 82.1 Å². The van der Waals surface area contributed by atoms with Crippen molar-refractivity contribution >= 4 is 46.7 Å². The van der Waals surface area contributed by atoms with Crippen LogP contribution in [0.5, 0.6) is 0 Å². The molecule has 1 N–H and O–H groups in total. The predicted octanol–water partition coefficient (Wildman–Crippen LogP) is 2.24. The van der Waals surface area contributed by atoms with Crippen LogP contribution in [0, 0.1) is 0 Å². The van der Waals surface area contributed by atoms with Crippen molar-refractivity contribution < 1.29 is 28.9 Å². The number of carbonyl (C=O) groups is 2. The Labute approximate surface area is 152 Å². The first-order valence-corrected chi connectivity index (χ1v) is 7.74. The fraction of sp³-hybridized carbons (Fsp3) is 0.333. The van der Waals surface area contributed by atoms with Crippen molar-refractivity contribution in [1.82, 2.24) is 0 Å². The minimum atomic E-state index is -2.23. The first-order chi connectivity index (χ1) is 11.2. The van der Waals surface area contributed by atoms with Crippen molar-refractivity contribution in [2.24, 2.45) is 0 Å². The standard InChI is InChI=1S/C15H13Cl3O6/c1-22-11(19)9-10(12(20)23-2)24-13(15(16,17)18)14(9,21)8-6-4-3-5-7-8/h3-7,13,21H,1-2H3/t13-,14+/m0/s1. The average Bonchev–Trinajstić information content (AvgIpc) is 2.89. The number of methoxy groups -OCH3 is 2. The Morgan fingerprint density at radius 1 is 1.12 bits per heavy atom. The van der Waals surface area contributed by atoms with Gasteiger partial charge in [-0.1, -0.05) is 65.1 Å². The first-order valence-electron chi connectivity index (χ1n) is 6.60. The van der Waals surface area contributed by atoms with Crippen LogP contribution < -0.4 is 0 Å². The van der Waals surface area contributed by atoms with E-state index >= 15 is 0 Å². The summed E-state index contributed by atoms with van der Waals surface area (Å²) < 4.78 is 12.4. The number of alkyl halides is 3.